The molecule has 1 aromatic heterocycles. The van der Waals surface area contributed by atoms with Crippen LogP contribution in [0.2, 0.25) is 0 Å². The summed E-state index contributed by atoms with van der Waals surface area (Å²) in [5, 5.41) is 12.7. The molecule has 1 unspecified atom stereocenters. The Labute approximate surface area is 123 Å². The Balaban J connectivity index is 1.97. The molecular formula is C14H18N2O2S2. The number of sulfonamides is 1. The summed E-state index contributed by atoms with van der Waals surface area (Å²) in [4.78, 5) is 0.154. The average Bonchev–Trinajstić information content (AvgIpc) is 2.91. The SMILES string of the molecule is CC(NCCc1ccsc1)c1cccc(S(N)(=O)=O)c1. The van der Waals surface area contributed by atoms with Crippen molar-refractivity contribution >= 4 is 21.4 Å². The van der Waals surface area contributed by atoms with Gasteiger partial charge in [-0.3, -0.25) is 0 Å². The second-order valence-electron chi connectivity index (χ2n) is 4.67. The van der Waals surface area contributed by atoms with Crippen molar-refractivity contribution in [2.45, 2.75) is 24.3 Å². The smallest absolute Gasteiger partial charge is 0.238 e. The molecule has 0 saturated carbocycles. The Morgan fingerprint density at radius 2 is 2.15 bits per heavy atom. The molecule has 2 aromatic rings. The molecule has 0 spiro atoms. The highest BCUT2D eigenvalue weighted by atomic mass is 32.2. The largest absolute Gasteiger partial charge is 0.310 e. The molecule has 1 aromatic carbocycles. The lowest BCUT2D eigenvalue weighted by Crippen LogP contribution is -2.21. The van der Waals surface area contributed by atoms with E-state index in [1.807, 2.05) is 13.0 Å². The zero-order chi connectivity index (χ0) is 14.6. The minimum Gasteiger partial charge on any atom is -0.310 e. The van der Waals surface area contributed by atoms with Gasteiger partial charge in [-0.15, -0.1) is 0 Å². The average molecular weight is 310 g/mol. The first kappa shape index (κ1) is 15.2. The van der Waals surface area contributed by atoms with Crippen LogP contribution in [0, 0.1) is 0 Å². The van der Waals surface area contributed by atoms with Gasteiger partial charge in [0.25, 0.3) is 0 Å². The van der Waals surface area contributed by atoms with E-state index in [9.17, 15) is 8.42 Å². The van der Waals surface area contributed by atoms with Crippen molar-refractivity contribution in [2.24, 2.45) is 5.14 Å². The van der Waals surface area contributed by atoms with Gasteiger partial charge in [-0.1, -0.05) is 12.1 Å². The van der Waals surface area contributed by atoms with E-state index in [4.69, 9.17) is 5.14 Å². The zero-order valence-corrected chi connectivity index (χ0v) is 12.9. The Morgan fingerprint density at radius 3 is 2.80 bits per heavy atom. The highest BCUT2D eigenvalue weighted by Crippen LogP contribution is 2.16. The maximum atomic E-state index is 11.3. The molecule has 1 heterocycles. The van der Waals surface area contributed by atoms with Crippen LogP contribution < -0.4 is 10.5 Å². The highest BCUT2D eigenvalue weighted by Gasteiger charge is 2.11. The minimum atomic E-state index is -3.64. The third-order valence-corrected chi connectivity index (χ3v) is 4.77. The van der Waals surface area contributed by atoms with Crippen LogP contribution in [0.15, 0.2) is 46.0 Å². The third-order valence-electron chi connectivity index (χ3n) is 3.13. The zero-order valence-electron chi connectivity index (χ0n) is 11.2. The summed E-state index contributed by atoms with van der Waals surface area (Å²) in [5.41, 5.74) is 2.23. The van der Waals surface area contributed by atoms with Crippen LogP contribution in [-0.4, -0.2) is 15.0 Å². The number of benzene rings is 1. The molecular weight excluding hydrogens is 292 g/mol. The second kappa shape index (κ2) is 6.49. The van der Waals surface area contributed by atoms with E-state index in [1.165, 1.54) is 11.6 Å². The maximum absolute atomic E-state index is 11.3. The minimum absolute atomic E-state index is 0.0790. The van der Waals surface area contributed by atoms with Gasteiger partial charge in [0.1, 0.15) is 0 Å². The van der Waals surface area contributed by atoms with Crippen molar-refractivity contribution in [1.29, 1.82) is 0 Å². The van der Waals surface area contributed by atoms with Gasteiger partial charge in [-0.25, -0.2) is 13.6 Å². The predicted molar refractivity (Wildman–Crippen MR) is 82.3 cm³/mol. The van der Waals surface area contributed by atoms with E-state index in [0.29, 0.717) is 0 Å². The van der Waals surface area contributed by atoms with E-state index in [-0.39, 0.29) is 10.9 Å². The highest BCUT2D eigenvalue weighted by molar-refractivity contribution is 7.89. The number of rotatable bonds is 6. The molecule has 0 aliphatic heterocycles. The number of nitrogens with two attached hydrogens (primary N) is 1. The Bertz CT molecular complexity index is 652. The summed E-state index contributed by atoms with van der Waals surface area (Å²) in [6, 6.07) is 8.94. The van der Waals surface area contributed by atoms with Crippen LogP contribution in [0.5, 0.6) is 0 Å². The standard InChI is InChI=1S/C14H18N2O2S2/c1-11(16-7-5-12-6-8-19-10-12)13-3-2-4-14(9-13)20(15,17)18/h2-4,6,8-11,16H,5,7H2,1H3,(H2,15,17,18). The van der Waals surface area contributed by atoms with Crippen molar-refractivity contribution in [1.82, 2.24) is 5.32 Å². The van der Waals surface area contributed by atoms with Crippen LogP contribution in [0.4, 0.5) is 0 Å². The molecule has 0 amide bonds. The quantitative estimate of drug-likeness (QED) is 0.860. The summed E-state index contributed by atoms with van der Waals surface area (Å²) >= 11 is 1.69. The Kier molecular flexibility index (Phi) is 4.93. The Hall–Kier alpha value is -1.21. The molecule has 0 saturated heterocycles. The third kappa shape index (κ3) is 4.14. The van der Waals surface area contributed by atoms with Gasteiger partial charge in [-0.2, -0.15) is 11.3 Å². The van der Waals surface area contributed by atoms with Crippen LogP contribution in [0.25, 0.3) is 0 Å². The van der Waals surface area contributed by atoms with E-state index in [1.54, 1.807) is 23.5 Å². The van der Waals surface area contributed by atoms with Crippen molar-refractivity contribution in [3.8, 4) is 0 Å². The van der Waals surface area contributed by atoms with E-state index in [2.05, 4.69) is 22.1 Å². The van der Waals surface area contributed by atoms with Crippen LogP contribution in [0.3, 0.4) is 0 Å². The predicted octanol–water partition coefficient (Wildman–Crippen LogP) is 2.29. The molecule has 1 atom stereocenters. The lowest BCUT2D eigenvalue weighted by atomic mass is 10.1. The summed E-state index contributed by atoms with van der Waals surface area (Å²) in [6.07, 6.45) is 0.961. The van der Waals surface area contributed by atoms with Crippen LogP contribution >= 0.6 is 11.3 Å². The van der Waals surface area contributed by atoms with Crippen molar-refractivity contribution in [2.75, 3.05) is 6.54 Å². The number of nitrogens with one attached hydrogen (secondary N) is 1. The van der Waals surface area contributed by atoms with E-state index >= 15 is 0 Å². The van der Waals surface area contributed by atoms with Crippen LogP contribution in [-0.2, 0) is 16.4 Å². The fourth-order valence-corrected chi connectivity index (χ4v) is 3.22. The summed E-state index contributed by atoms with van der Waals surface area (Å²) in [7, 11) is -3.64. The van der Waals surface area contributed by atoms with Gasteiger partial charge >= 0.3 is 0 Å². The molecule has 0 aliphatic carbocycles. The number of primary sulfonamides is 1. The first-order chi connectivity index (χ1) is 9.47. The summed E-state index contributed by atoms with van der Waals surface area (Å²) < 4.78 is 22.7. The van der Waals surface area contributed by atoms with Gasteiger partial charge in [0.05, 0.1) is 4.90 Å². The molecule has 3 N–H and O–H groups in total. The molecule has 6 heteroatoms. The molecule has 4 nitrogen and oxygen atoms in total. The van der Waals surface area contributed by atoms with E-state index < -0.39 is 10.0 Å². The normalized spacial score (nSPS) is 13.3. The molecule has 108 valence electrons. The van der Waals surface area contributed by atoms with Crippen LogP contribution in [0.1, 0.15) is 24.1 Å². The second-order valence-corrected chi connectivity index (χ2v) is 7.02. The number of thiophene rings is 1. The van der Waals surface area contributed by atoms with Gasteiger partial charge < -0.3 is 5.32 Å². The Morgan fingerprint density at radius 1 is 1.35 bits per heavy atom. The van der Waals surface area contributed by atoms with E-state index in [0.717, 1.165) is 18.5 Å². The molecule has 0 radical (unpaired) electrons. The fraction of sp³-hybridized carbons (Fsp3) is 0.286. The molecule has 0 fully saturated rings. The first-order valence-electron chi connectivity index (χ1n) is 6.34. The monoisotopic (exact) mass is 310 g/mol. The maximum Gasteiger partial charge on any atom is 0.238 e. The van der Waals surface area contributed by atoms with Gasteiger partial charge in [0, 0.05) is 6.04 Å². The van der Waals surface area contributed by atoms with Gasteiger partial charge in [-0.05, 0) is 60.0 Å². The van der Waals surface area contributed by atoms with Gasteiger partial charge in [0.15, 0.2) is 0 Å². The summed E-state index contributed by atoms with van der Waals surface area (Å²) in [6.45, 7) is 2.85. The van der Waals surface area contributed by atoms with Crippen molar-refractivity contribution in [3.63, 3.8) is 0 Å². The summed E-state index contributed by atoms with van der Waals surface area (Å²) in [5.74, 6) is 0. The van der Waals surface area contributed by atoms with Crippen molar-refractivity contribution < 1.29 is 8.42 Å². The molecule has 2 rings (SSSR count). The number of hydrogen-bond donors (Lipinski definition) is 2. The lowest BCUT2D eigenvalue weighted by molar-refractivity contribution is 0.574. The topological polar surface area (TPSA) is 72.2 Å². The fourth-order valence-electron chi connectivity index (χ4n) is 1.95. The van der Waals surface area contributed by atoms with Gasteiger partial charge in [0.2, 0.25) is 10.0 Å². The lowest BCUT2D eigenvalue weighted by Gasteiger charge is -2.14. The molecule has 0 aliphatic rings. The molecule has 0 bridgehead atoms. The number of hydrogen-bond acceptors (Lipinski definition) is 4. The molecule has 20 heavy (non-hydrogen) atoms. The van der Waals surface area contributed by atoms with Crippen molar-refractivity contribution in [3.05, 3.63) is 52.2 Å². The first-order valence-corrected chi connectivity index (χ1v) is 8.83.